The lowest BCUT2D eigenvalue weighted by Crippen LogP contribution is -2.30. The van der Waals surface area contributed by atoms with Crippen LogP contribution < -0.4 is 24.7 Å². The van der Waals surface area contributed by atoms with Gasteiger partial charge in [-0.05, 0) is 24.3 Å². The molecule has 4 aromatic carbocycles. The summed E-state index contributed by atoms with van der Waals surface area (Å²) in [6.45, 7) is 0.176. The smallest absolute Gasteiger partial charge is 0.411 e. The summed E-state index contributed by atoms with van der Waals surface area (Å²) in [5, 5.41) is 4.15. The van der Waals surface area contributed by atoms with Crippen LogP contribution in [0.25, 0.3) is 22.3 Å². The molecule has 0 saturated carbocycles. The first-order valence-corrected chi connectivity index (χ1v) is 14.1. The fourth-order valence-electron chi connectivity index (χ4n) is 4.37. The van der Waals surface area contributed by atoms with Crippen LogP contribution in [-0.4, -0.2) is 13.2 Å². The molecule has 170 valence electrons. The van der Waals surface area contributed by atoms with Gasteiger partial charge in [-0.2, -0.15) is 0 Å². The predicted octanol–water partition coefficient (Wildman–Crippen LogP) is 5.75. The molecule has 0 bridgehead atoms. The maximum absolute atomic E-state index is 13.8. The summed E-state index contributed by atoms with van der Waals surface area (Å²) < 4.78 is 45.2. The molecular weight excluding hydrogens is 468 g/mol. The van der Waals surface area contributed by atoms with Crippen LogP contribution in [0.15, 0.2) is 97.1 Å². The van der Waals surface area contributed by atoms with Crippen molar-refractivity contribution in [2.24, 2.45) is 0 Å². The molecule has 0 aliphatic carbocycles. The van der Waals surface area contributed by atoms with Gasteiger partial charge in [-0.25, -0.2) is 9.65 Å². The van der Waals surface area contributed by atoms with E-state index in [4.69, 9.17) is 13.6 Å². The van der Waals surface area contributed by atoms with Crippen LogP contribution in [-0.2, 0) is 13.7 Å². The molecule has 0 saturated heterocycles. The zero-order chi connectivity index (χ0) is 23.2. The number of fused-ring (bicyclic) bond motifs is 6. The second kappa shape index (κ2) is 8.26. The third kappa shape index (κ3) is 3.51. The zero-order valence-corrected chi connectivity index (χ0v) is 19.9. The maximum atomic E-state index is 13.8. The van der Waals surface area contributed by atoms with Crippen molar-refractivity contribution < 1.29 is 22.7 Å². The minimum atomic E-state index is -3.62. The third-order valence-corrected chi connectivity index (χ3v) is 9.96. The molecule has 1 N–H and O–H groups in total. The van der Waals surface area contributed by atoms with Gasteiger partial charge >= 0.3 is 15.1 Å². The molecule has 2 aliphatic heterocycles. The first-order chi connectivity index (χ1) is 16.6. The van der Waals surface area contributed by atoms with Gasteiger partial charge < -0.3 is 9.05 Å². The fourth-order valence-corrected chi connectivity index (χ4v) is 8.12. The number of benzene rings is 4. The molecule has 6 rings (SSSR count). The van der Waals surface area contributed by atoms with Gasteiger partial charge in [-0.15, -0.1) is 0 Å². The molecule has 2 atom stereocenters. The Morgan fingerprint density at radius 2 is 1.12 bits per heavy atom. The molecular formula is C26H21NO5P2. The van der Waals surface area contributed by atoms with E-state index < -0.39 is 15.1 Å². The van der Waals surface area contributed by atoms with Gasteiger partial charge in [0, 0.05) is 28.8 Å². The van der Waals surface area contributed by atoms with Crippen LogP contribution in [0, 0.1) is 0 Å². The van der Waals surface area contributed by atoms with Gasteiger partial charge in [-0.1, -0.05) is 72.8 Å². The Morgan fingerprint density at radius 1 is 0.618 bits per heavy atom. The largest absolute Gasteiger partial charge is 0.429 e. The number of para-hydroxylation sites is 2. The van der Waals surface area contributed by atoms with Gasteiger partial charge in [0.15, 0.2) is 0 Å². The number of nitrogens with one attached hydrogen (secondary N) is 1. The minimum Gasteiger partial charge on any atom is -0.429 e. The Balaban J connectivity index is 1.22. The van der Waals surface area contributed by atoms with Crippen molar-refractivity contribution in [2.75, 3.05) is 13.2 Å². The highest BCUT2D eigenvalue weighted by Crippen LogP contribution is 2.55. The van der Waals surface area contributed by atoms with Crippen molar-refractivity contribution in [1.82, 2.24) is 5.09 Å². The van der Waals surface area contributed by atoms with Gasteiger partial charge in [0.25, 0.3) is 0 Å². The maximum Gasteiger partial charge on any atom is 0.411 e. The Kier molecular flexibility index (Phi) is 5.20. The lowest BCUT2D eigenvalue weighted by atomic mass is 10.0. The van der Waals surface area contributed by atoms with E-state index in [1.165, 1.54) is 0 Å². The van der Waals surface area contributed by atoms with Crippen molar-refractivity contribution in [2.45, 2.75) is 0 Å². The van der Waals surface area contributed by atoms with Crippen molar-refractivity contribution in [1.29, 1.82) is 0 Å². The van der Waals surface area contributed by atoms with Crippen molar-refractivity contribution in [3.8, 4) is 33.8 Å². The van der Waals surface area contributed by atoms with Crippen LogP contribution in [0.4, 0.5) is 0 Å². The van der Waals surface area contributed by atoms with E-state index in [0.29, 0.717) is 22.1 Å². The van der Waals surface area contributed by atoms with E-state index >= 15 is 0 Å². The third-order valence-electron chi connectivity index (χ3n) is 5.90. The fraction of sp³-hybridized carbons (Fsp3) is 0.0769. The first-order valence-electron chi connectivity index (χ1n) is 10.9. The normalized spacial score (nSPS) is 21.8. The highest BCUT2D eigenvalue weighted by atomic mass is 31.2. The van der Waals surface area contributed by atoms with Gasteiger partial charge in [-0.3, -0.25) is 9.09 Å². The SMILES string of the molecule is O=P1(NCCOP2(=O)Oc3ccccc3-c3ccccc32)Oc2ccccc2-c2ccccc21. The van der Waals surface area contributed by atoms with E-state index in [-0.39, 0.29) is 13.2 Å². The van der Waals surface area contributed by atoms with Crippen LogP contribution in [0.1, 0.15) is 0 Å². The molecule has 2 heterocycles. The molecule has 0 spiro atoms. The summed E-state index contributed by atoms with van der Waals surface area (Å²) in [4.78, 5) is 0. The van der Waals surface area contributed by atoms with Crippen LogP contribution >= 0.6 is 15.1 Å². The van der Waals surface area contributed by atoms with E-state index in [9.17, 15) is 9.13 Å². The first kappa shape index (κ1) is 21.4. The van der Waals surface area contributed by atoms with E-state index in [1.807, 2.05) is 72.8 Å². The van der Waals surface area contributed by atoms with E-state index in [0.717, 1.165) is 22.3 Å². The van der Waals surface area contributed by atoms with Crippen molar-refractivity contribution in [3.05, 3.63) is 97.1 Å². The lowest BCUT2D eigenvalue weighted by Gasteiger charge is -2.30. The Bertz CT molecular complexity index is 1390. The molecule has 0 radical (unpaired) electrons. The van der Waals surface area contributed by atoms with Gasteiger partial charge in [0.2, 0.25) is 0 Å². The molecule has 2 unspecified atom stereocenters. The Hall–Kier alpha value is -3.14. The Labute approximate surface area is 197 Å². The molecule has 0 amide bonds. The summed E-state index contributed by atoms with van der Waals surface area (Å²) in [5.74, 6) is 1.08. The summed E-state index contributed by atoms with van der Waals surface area (Å²) in [6.07, 6.45) is 0. The Morgan fingerprint density at radius 3 is 1.79 bits per heavy atom. The second-order valence-corrected chi connectivity index (χ2v) is 12.0. The molecule has 34 heavy (non-hydrogen) atoms. The average Bonchev–Trinajstić information content (AvgIpc) is 2.87. The second-order valence-electron chi connectivity index (χ2n) is 8.00. The summed E-state index contributed by atoms with van der Waals surface area (Å²) in [6, 6.07) is 29.9. The van der Waals surface area contributed by atoms with Crippen LogP contribution in [0.3, 0.4) is 0 Å². The molecule has 8 heteroatoms. The lowest BCUT2D eigenvalue weighted by molar-refractivity contribution is 0.276. The molecule has 0 fully saturated rings. The van der Waals surface area contributed by atoms with Gasteiger partial charge in [0.1, 0.15) is 11.5 Å². The van der Waals surface area contributed by atoms with Crippen LogP contribution in [0.5, 0.6) is 11.5 Å². The molecule has 2 aliphatic rings. The predicted molar refractivity (Wildman–Crippen MR) is 133 cm³/mol. The standard InChI is InChI=1S/C26H21NO5P2/c28-33(25-15-7-3-11-21(25)19-9-1-5-13-23(19)31-33)27-17-18-30-34(29)26-16-8-4-12-22(26)20-10-2-6-14-24(20)32-34/h1-16H,17-18H2,(H,27,28). The topological polar surface area (TPSA) is 73.9 Å². The number of hydrogen-bond acceptors (Lipinski definition) is 5. The highest BCUT2D eigenvalue weighted by Gasteiger charge is 2.39. The number of hydrogen-bond donors (Lipinski definition) is 1. The quantitative estimate of drug-likeness (QED) is 0.284. The average molecular weight is 489 g/mol. The van der Waals surface area contributed by atoms with Crippen molar-refractivity contribution >= 4 is 25.7 Å². The monoisotopic (exact) mass is 489 g/mol. The highest BCUT2D eigenvalue weighted by molar-refractivity contribution is 7.66. The zero-order valence-electron chi connectivity index (χ0n) is 18.1. The van der Waals surface area contributed by atoms with Crippen molar-refractivity contribution in [3.63, 3.8) is 0 Å². The minimum absolute atomic E-state index is 0.0188. The van der Waals surface area contributed by atoms with Gasteiger partial charge in [0.05, 0.1) is 17.2 Å². The number of rotatable bonds is 5. The summed E-state index contributed by atoms with van der Waals surface area (Å²) in [5.41, 5.74) is 3.48. The molecule has 6 nitrogen and oxygen atoms in total. The van der Waals surface area contributed by atoms with Crippen LogP contribution in [0.2, 0.25) is 0 Å². The van der Waals surface area contributed by atoms with E-state index in [1.54, 1.807) is 24.3 Å². The molecule has 0 aromatic heterocycles. The summed E-state index contributed by atoms with van der Waals surface area (Å²) >= 11 is 0. The summed E-state index contributed by atoms with van der Waals surface area (Å²) in [7, 11) is -7.02. The van der Waals surface area contributed by atoms with E-state index in [2.05, 4.69) is 5.09 Å². The molecule has 4 aromatic rings.